The summed E-state index contributed by atoms with van der Waals surface area (Å²) < 4.78 is 131. The fourth-order valence-corrected chi connectivity index (χ4v) is 5.18. The molecule has 2 aliphatic heterocycles. The summed E-state index contributed by atoms with van der Waals surface area (Å²) >= 11 is 0. The molecular formula is C15H27NO19S3. The monoisotopic (exact) mass is 621 g/mol. The topological polar surface area (TPSA) is 297 Å². The quantitative estimate of drug-likeness (QED) is 0.112. The molecule has 0 radical (unpaired) electrons. The van der Waals surface area contributed by atoms with Crippen LogP contribution in [-0.2, 0) is 67.9 Å². The van der Waals surface area contributed by atoms with E-state index in [1.807, 2.05) is 0 Å². The van der Waals surface area contributed by atoms with E-state index in [2.05, 4.69) is 8.37 Å². The number of methoxy groups -OCH3 is 2. The zero-order valence-corrected chi connectivity index (χ0v) is 22.1. The Hall–Kier alpha value is -1.00. The number of aliphatic hydroxyl groups is 2. The van der Waals surface area contributed by atoms with Gasteiger partial charge in [-0.1, -0.05) is 0 Å². The molecule has 0 aliphatic carbocycles. The molecule has 10 atom stereocenters. The Labute approximate surface area is 216 Å². The number of ketones is 1. The van der Waals surface area contributed by atoms with Crippen LogP contribution in [0.15, 0.2) is 0 Å². The molecule has 0 amide bonds. The van der Waals surface area contributed by atoms with Crippen molar-refractivity contribution in [2.24, 2.45) is 0 Å². The van der Waals surface area contributed by atoms with Gasteiger partial charge in [0.2, 0.25) is 0 Å². The van der Waals surface area contributed by atoms with Gasteiger partial charge in [-0.3, -0.25) is 18.5 Å². The van der Waals surface area contributed by atoms with E-state index in [0.717, 1.165) is 21.1 Å². The zero-order valence-electron chi connectivity index (χ0n) is 19.7. The third-order valence-electron chi connectivity index (χ3n) is 5.29. The Balaban J connectivity index is 2.52. The maximum atomic E-state index is 12.1. The number of aliphatic hydroxyl groups excluding tert-OH is 2. The number of hydrogen-bond donors (Lipinski definition) is 6. The van der Waals surface area contributed by atoms with Gasteiger partial charge in [-0.2, -0.15) is 30.0 Å². The first-order valence-electron chi connectivity index (χ1n) is 10.2. The number of ether oxygens (including phenoxy) is 5. The maximum absolute atomic E-state index is 12.1. The minimum Gasteiger partial charge on any atom is -0.388 e. The molecule has 0 bridgehead atoms. The van der Waals surface area contributed by atoms with Gasteiger partial charge in [-0.25, -0.2) is 8.37 Å². The van der Waals surface area contributed by atoms with Gasteiger partial charge in [0.05, 0.1) is 6.61 Å². The lowest BCUT2D eigenvalue weighted by atomic mass is 9.95. The van der Waals surface area contributed by atoms with Crippen LogP contribution < -0.4 is 4.72 Å². The molecule has 0 aromatic carbocycles. The highest BCUT2D eigenvalue weighted by atomic mass is 32.3. The molecular weight excluding hydrogens is 594 g/mol. The molecule has 0 saturated carbocycles. The fourth-order valence-electron chi connectivity index (χ4n) is 3.80. The van der Waals surface area contributed by atoms with Crippen LogP contribution in [0.2, 0.25) is 0 Å². The van der Waals surface area contributed by atoms with Crippen molar-refractivity contribution < 1.29 is 86.0 Å². The first-order chi connectivity index (χ1) is 17.3. The molecule has 0 aromatic rings. The molecule has 2 aliphatic rings. The summed E-state index contributed by atoms with van der Waals surface area (Å²) in [6, 6.07) is -1.88. The number of hydrogen-bond acceptors (Lipinski definition) is 16. The first kappa shape index (κ1) is 33.2. The lowest BCUT2D eigenvalue weighted by Crippen LogP contribution is -2.68. The standard InChI is InChI=1S/C15H27NO19S3/c1-5(17)10-12(29-2)9(19)13(35-38(26,27)28)15(33-10)34-11-6(4-31-37(23,24)25)32-14(30-3)7(8(11)18)16-36(20,21)22/h6-16,18-19H,4H2,1-3H3,(H,20,21,22)(H,23,24,25)(H,26,27,28). The first-order valence-corrected chi connectivity index (χ1v) is 14.4. The van der Waals surface area contributed by atoms with Gasteiger partial charge >= 0.3 is 31.1 Å². The number of rotatable bonds is 12. The lowest BCUT2D eigenvalue weighted by Gasteiger charge is -2.47. The van der Waals surface area contributed by atoms with Crippen molar-refractivity contribution in [3.63, 3.8) is 0 Å². The van der Waals surface area contributed by atoms with Crippen LogP contribution in [0.4, 0.5) is 0 Å². The number of carbonyl (C=O) groups excluding carboxylic acids is 1. The van der Waals surface area contributed by atoms with Crippen molar-refractivity contribution in [3.05, 3.63) is 0 Å². The Bertz CT molecular complexity index is 1140. The largest absolute Gasteiger partial charge is 0.397 e. The highest BCUT2D eigenvalue weighted by molar-refractivity contribution is 7.83. The van der Waals surface area contributed by atoms with Gasteiger partial charge in [0.25, 0.3) is 0 Å². The minimum absolute atomic E-state index is 0.771. The van der Waals surface area contributed by atoms with Gasteiger partial charge in [0, 0.05) is 14.2 Å². The predicted octanol–water partition coefficient (Wildman–Crippen LogP) is -4.44. The zero-order chi connectivity index (χ0) is 29.2. The highest BCUT2D eigenvalue weighted by Gasteiger charge is 2.54. The summed E-state index contributed by atoms with van der Waals surface area (Å²) in [5.74, 6) is -0.771. The summed E-state index contributed by atoms with van der Waals surface area (Å²) in [4.78, 5) is 12.1. The van der Waals surface area contributed by atoms with Gasteiger partial charge in [-0.05, 0) is 6.92 Å². The molecule has 2 rings (SSSR count). The molecule has 2 saturated heterocycles. The van der Waals surface area contributed by atoms with E-state index in [9.17, 15) is 44.8 Å². The molecule has 38 heavy (non-hydrogen) atoms. The van der Waals surface area contributed by atoms with Crippen LogP contribution in [0, 0.1) is 0 Å². The van der Waals surface area contributed by atoms with Gasteiger partial charge in [-0.15, -0.1) is 0 Å². The van der Waals surface area contributed by atoms with Crippen molar-refractivity contribution >= 4 is 36.9 Å². The average molecular weight is 622 g/mol. The average Bonchev–Trinajstić information content (AvgIpc) is 2.75. The van der Waals surface area contributed by atoms with Crippen molar-refractivity contribution in [1.29, 1.82) is 0 Å². The second kappa shape index (κ2) is 12.7. The smallest absolute Gasteiger partial charge is 0.388 e. The van der Waals surface area contributed by atoms with Crippen molar-refractivity contribution in [3.8, 4) is 0 Å². The summed E-state index contributed by atoms with van der Waals surface area (Å²) in [7, 11) is -13.5. The van der Waals surface area contributed by atoms with E-state index in [-0.39, 0.29) is 0 Å². The van der Waals surface area contributed by atoms with Gasteiger partial charge < -0.3 is 33.9 Å². The number of Topliss-reactive ketones (excluding diaryl/α,β-unsaturated/α-hetero) is 1. The molecule has 224 valence electrons. The van der Waals surface area contributed by atoms with Crippen LogP contribution in [0.1, 0.15) is 6.92 Å². The highest BCUT2D eigenvalue weighted by Crippen LogP contribution is 2.32. The normalized spacial score (nSPS) is 37.2. The van der Waals surface area contributed by atoms with Crippen LogP contribution in [0.3, 0.4) is 0 Å². The lowest BCUT2D eigenvalue weighted by molar-refractivity contribution is -0.337. The van der Waals surface area contributed by atoms with E-state index in [4.69, 9.17) is 32.8 Å². The van der Waals surface area contributed by atoms with Crippen molar-refractivity contribution in [2.75, 3.05) is 20.8 Å². The molecule has 6 N–H and O–H groups in total. The molecule has 10 unspecified atom stereocenters. The summed E-state index contributed by atoms with van der Waals surface area (Å²) in [5, 5.41) is 21.5. The Morgan fingerprint density at radius 1 is 0.842 bits per heavy atom. The van der Waals surface area contributed by atoms with E-state index in [1.165, 1.54) is 0 Å². The van der Waals surface area contributed by atoms with Crippen LogP contribution in [-0.4, -0.2) is 137 Å². The molecule has 0 aromatic heterocycles. The van der Waals surface area contributed by atoms with Crippen molar-refractivity contribution in [2.45, 2.75) is 68.3 Å². The maximum Gasteiger partial charge on any atom is 0.397 e. The minimum atomic E-state index is -5.34. The molecule has 2 fully saturated rings. The van der Waals surface area contributed by atoms with Gasteiger partial charge in [0.1, 0.15) is 42.7 Å². The predicted molar refractivity (Wildman–Crippen MR) is 115 cm³/mol. The van der Waals surface area contributed by atoms with Crippen LogP contribution in [0.25, 0.3) is 0 Å². The summed E-state index contributed by atoms with van der Waals surface area (Å²) in [5.41, 5.74) is 0. The van der Waals surface area contributed by atoms with Crippen molar-refractivity contribution in [1.82, 2.24) is 4.72 Å². The molecule has 0 spiro atoms. The van der Waals surface area contributed by atoms with E-state index >= 15 is 0 Å². The number of nitrogens with one attached hydrogen (secondary N) is 1. The SMILES string of the molecule is COC1OC(COS(=O)(=O)O)C(OC2OC(C(C)=O)C(OC)C(O)C2OS(=O)(=O)O)C(O)C1NS(=O)(=O)O. The van der Waals surface area contributed by atoms with Gasteiger partial charge in [0.15, 0.2) is 24.5 Å². The Morgan fingerprint density at radius 2 is 1.45 bits per heavy atom. The van der Waals surface area contributed by atoms with E-state index in [1.54, 1.807) is 4.72 Å². The summed E-state index contributed by atoms with van der Waals surface area (Å²) in [6.45, 7) is -0.129. The fraction of sp³-hybridized carbons (Fsp3) is 0.933. The molecule has 23 heteroatoms. The Morgan fingerprint density at radius 3 is 1.89 bits per heavy atom. The summed E-state index contributed by atoms with van der Waals surface area (Å²) in [6.07, 6.45) is -17.4. The Kier molecular flexibility index (Phi) is 11.1. The third kappa shape index (κ3) is 9.01. The number of carbonyl (C=O) groups is 1. The van der Waals surface area contributed by atoms with E-state index < -0.39 is 105 Å². The third-order valence-corrected chi connectivity index (χ3v) is 6.76. The van der Waals surface area contributed by atoms with Crippen LogP contribution >= 0.6 is 0 Å². The van der Waals surface area contributed by atoms with E-state index in [0.29, 0.717) is 0 Å². The van der Waals surface area contributed by atoms with Crippen LogP contribution in [0.5, 0.6) is 0 Å². The second-order valence-electron chi connectivity index (χ2n) is 7.92. The molecule has 2 heterocycles. The molecule has 20 nitrogen and oxygen atoms in total. The second-order valence-corrected chi connectivity index (χ2v) is 11.2.